The zero-order chi connectivity index (χ0) is 58.4. The number of phosphoric ester groups is 1. The molecule has 1 N–H and O–H groups in total. The van der Waals surface area contributed by atoms with Gasteiger partial charge in [-0.15, -0.1) is 0 Å². The van der Waals surface area contributed by atoms with Crippen molar-refractivity contribution in [3.05, 3.63) is 158 Å². The lowest BCUT2D eigenvalue weighted by atomic mass is 10.1. The number of carbonyl (C=O) groups excluding carboxylic acids is 2. The van der Waals surface area contributed by atoms with Crippen LogP contribution < -0.4 is 0 Å². The van der Waals surface area contributed by atoms with E-state index in [0.29, 0.717) is 17.4 Å². The molecule has 0 aromatic carbocycles. The third-order valence-electron chi connectivity index (χ3n) is 12.6. The lowest BCUT2D eigenvalue weighted by Crippen LogP contribution is -2.37. The van der Waals surface area contributed by atoms with Crippen molar-refractivity contribution in [3.63, 3.8) is 0 Å². The first-order valence-corrected chi connectivity index (χ1v) is 32.7. The number of likely N-dealkylation sites (N-methyl/N-ethyl adjacent to an activating group) is 1. The number of esters is 2. The van der Waals surface area contributed by atoms with Gasteiger partial charge in [-0.1, -0.05) is 242 Å². The minimum absolute atomic E-state index is 0.0184. The maximum absolute atomic E-state index is 12.8. The number of allylic oxidation sites excluding steroid dienone is 26. The van der Waals surface area contributed by atoms with Crippen LogP contribution in [0.4, 0.5) is 0 Å². The van der Waals surface area contributed by atoms with Gasteiger partial charge < -0.3 is 18.9 Å². The molecular formula is C70H115NO8P+. The Kier molecular flexibility index (Phi) is 56.0. The topological polar surface area (TPSA) is 108 Å². The van der Waals surface area contributed by atoms with Crippen molar-refractivity contribution in [2.24, 2.45) is 0 Å². The lowest BCUT2D eigenvalue weighted by Gasteiger charge is -2.24. The molecule has 0 spiro atoms. The van der Waals surface area contributed by atoms with Crippen molar-refractivity contribution in [1.29, 1.82) is 0 Å². The molecule has 10 heteroatoms. The average molecular weight is 1130 g/mol. The summed E-state index contributed by atoms with van der Waals surface area (Å²) in [6.45, 7) is 4.16. The summed E-state index contributed by atoms with van der Waals surface area (Å²) in [5.74, 6) is -0.832. The SMILES string of the molecule is CC/C=C\C/C=C\C/C=C\C/C=C\C/C=C\C/C=C\C/C=C\CCCCCCCCCC(=O)OC(COC(=O)CCCCCCCCCC/C=C\C/C=C\C/C=C\C/C=C\C/C=C\C/C=C\CC)COP(=O)(O)OCC[N+](C)(C)C. The van der Waals surface area contributed by atoms with Crippen LogP contribution in [0.3, 0.4) is 0 Å². The monoisotopic (exact) mass is 1130 g/mol. The first-order valence-electron chi connectivity index (χ1n) is 31.2. The molecule has 0 saturated heterocycles. The lowest BCUT2D eigenvalue weighted by molar-refractivity contribution is -0.870. The summed E-state index contributed by atoms with van der Waals surface area (Å²) in [5, 5.41) is 0. The number of unbranched alkanes of at least 4 members (excludes halogenated alkanes) is 15. The van der Waals surface area contributed by atoms with Crippen LogP contribution in [0, 0.1) is 0 Å². The zero-order valence-corrected chi connectivity index (χ0v) is 52.1. The van der Waals surface area contributed by atoms with E-state index in [0.717, 1.165) is 141 Å². The maximum atomic E-state index is 12.8. The molecule has 0 saturated carbocycles. The summed E-state index contributed by atoms with van der Waals surface area (Å²) in [6, 6.07) is 0. The second-order valence-electron chi connectivity index (χ2n) is 21.3. The van der Waals surface area contributed by atoms with E-state index in [4.69, 9.17) is 18.5 Å². The van der Waals surface area contributed by atoms with Crippen molar-refractivity contribution >= 4 is 19.8 Å². The molecule has 0 aliphatic rings. The van der Waals surface area contributed by atoms with E-state index in [9.17, 15) is 19.0 Å². The highest BCUT2D eigenvalue weighted by molar-refractivity contribution is 7.47. The molecule has 2 atom stereocenters. The summed E-state index contributed by atoms with van der Waals surface area (Å²) in [7, 11) is 1.44. The fourth-order valence-corrected chi connectivity index (χ4v) is 8.56. The smallest absolute Gasteiger partial charge is 0.462 e. The van der Waals surface area contributed by atoms with Crippen LogP contribution in [0.1, 0.15) is 219 Å². The van der Waals surface area contributed by atoms with Crippen molar-refractivity contribution in [2.45, 2.75) is 225 Å². The Labute approximate surface area is 490 Å². The highest BCUT2D eigenvalue weighted by Crippen LogP contribution is 2.43. The number of quaternary nitrogens is 1. The first kappa shape index (κ1) is 75.6. The van der Waals surface area contributed by atoms with Gasteiger partial charge in [0.15, 0.2) is 6.10 Å². The van der Waals surface area contributed by atoms with Crippen LogP contribution in [0.2, 0.25) is 0 Å². The van der Waals surface area contributed by atoms with Crippen LogP contribution in [-0.2, 0) is 32.7 Å². The number of rotatable bonds is 55. The fourth-order valence-electron chi connectivity index (χ4n) is 7.82. The molecule has 0 aliphatic heterocycles. The van der Waals surface area contributed by atoms with Gasteiger partial charge in [-0.05, 0) is 122 Å². The number of ether oxygens (including phenoxy) is 2. The summed E-state index contributed by atoms with van der Waals surface area (Å²) < 4.78 is 34.6. The molecule has 0 aromatic heterocycles. The van der Waals surface area contributed by atoms with E-state index in [1.807, 2.05) is 21.1 Å². The molecule has 0 radical (unpaired) electrons. The first-order chi connectivity index (χ1) is 39.0. The molecular weight excluding hydrogens is 1010 g/mol. The Bertz CT molecular complexity index is 1900. The van der Waals surface area contributed by atoms with Crippen LogP contribution in [0.5, 0.6) is 0 Å². The molecule has 452 valence electrons. The highest BCUT2D eigenvalue weighted by Gasteiger charge is 2.27. The predicted molar refractivity (Wildman–Crippen MR) is 343 cm³/mol. The third-order valence-corrected chi connectivity index (χ3v) is 13.5. The van der Waals surface area contributed by atoms with Crippen molar-refractivity contribution in [2.75, 3.05) is 47.5 Å². The Morgan fingerprint density at radius 2 is 0.675 bits per heavy atom. The minimum atomic E-state index is -4.41. The molecule has 80 heavy (non-hydrogen) atoms. The van der Waals surface area contributed by atoms with Gasteiger partial charge in [0.2, 0.25) is 0 Å². The minimum Gasteiger partial charge on any atom is -0.462 e. The van der Waals surface area contributed by atoms with Gasteiger partial charge in [-0.2, -0.15) is 0 Å². The zero-order valence-electron chi connectivity index (χ0n) is 51.2. The van der Waals surface area contributed by atoms with Crippen LogP contribution in [0.25, 0.3) is 0 Å². The van der Waals surface area contributed by atoms with Crippen LogP contribution in [-0.4, -0.2) is 74.9 Å². The number of hydrogen-bond acceptors (Lipinski definition) is 7. The molecule has 0 fully saturated rings. The Morgan fingerprint density at radius 3 is 1.00 bits per heavy atom. The van der Waals surface area contributed by atoms with E-state index >= 15 is 0 Å². The second kappa shape index (κ2) is 59.3. The van der Waals surface area contributed by atoms with Crippen LogP contribution in [0.15, 0.2) is 158 Å². The van der Waals surface area contributed by atoms with Crippen LogP contribution >= 0.6 is 7.82 Å². The van der Waals surface area contributed by atoms with Gasteiger partial charge in [0, 0.05) is 12.8 Å². The van der Waals surface area contributed by atoms with E-state index in [1.165, 1.54) is 44.9 Å². The molecule has 0 aliphatic carbocycles. The van der Waals surface area contributed by atoms with E-state index in [1.54, 1.807) is 0 Å². The van der Waals surface area contributed by atoms with Crippen molar-refractivity contribution in [1.82, 2.24) is 0 Å². The average Bonchev–Trinajstić information content (AvgIpc) is 3.42. The maximum Gasteiger partial charge on any atom is 0.472 e. The Balaban J connectivity index is 4.24. The summed E-state index contributed by atoms with van der Waals surface area (Å²) in [4.78, 5) is 35.8. The molecule has 0 bridgehead atoms. The van der Waals surface area contributed by atoms with E-state index < -0.39 is 26.5 Å². The second-order valence-corrected chi connectivity index (χ2v) is 22.8. The standard InChI is InChI=1S/C70H114NO8P/c1-6-8-10-12-14-16-18-20-22-24-26-28-30-32-34-35-37-39-41-43-45-47-49-51-53-55-57-59-61-63-70(73)79-68(67-78-80(74,75)77-65-64-71(3,4)5)66-76-69(72)62-60-58-56-54-52-50-48-46-44-42-40-38-36-33-31-29-27-25-23-21-19-17-15-13-11-9-7-2/h8-11,14-17,20-23,26-29,32-34,36-37,39-40,42-43,45,68H,6-7,12-13,18-19,24-25,30-31,35,38,41,44,46-67H2,1-5H3/p+1/b10-8-,11-9-,16-14-,17-15-,22-20-,23-21-,28-26-,29-27-,34-32-,36-33-,39-37-,42-40-,45-43-. The fraction of sp³-hybridized carbons (Fsp3) is 0.600. The van der Waals surface area contributed by atoms with Gasteiger partial charge in [-0.25, -0.2) is 4.57 Å². The van der Waals surface area contributed by atoms with Gasteiger partial charge in [0.1, 0.15) is 19.8 Å². The quantitative estimate of drug-likeness (QED) is 0.0211. The predicted octanol–water partition coefficient (Wildman–Crippen LogP) is 20.0. The van der Waals surface area contributed by atoms with Gasteiger partial charge in [-0.3, -0.25) is 18.6 Å². The number of hydrogen-bond donors (Lipinski definition) is 1. The molecule has 9 nitrogen and oxygen atoms in total. The largest absolute Gasteiger partial charge is 0.472 e. The molecule has 0 amide bonds. The Morgan fingerprint density at radius 1 is 0.388 bits per heavy atom. The molecule has 0 heterocycles. The van der Waals surface area contributed by atoms with Gasteiger partial charge in [0.05, 0.1) is 27.7 Å². The summed E-state index contributed by atoms with van der Waals surface area (Å²) >= 11 is 0. The van der Waals surface area contributed by atoms with Crippen molar-refractivity contribution < 1.29 is 42.1 Å². The molecule has 2 unspecified atom stereocenters. The highest BCUT2D eigenvalue weighted by atomic mass is 31.2. The summed E-state index contributed by atoms with van der Waals surface area (Å²) in [6.07, 6.45) is 88.8. The van der Waals surface area contributed by atoms with Crippen molar-refractivity contribution in [3.8, 4) is 0 Å². The number of nitrogens with zero attached hydrogens (tertiary/aromatic N) is 1. The molecule has 0 aromatic rings. The number of carbonyl (C=O) groups is 2. The van der Waals surface area contributed by atoms with E-state index in [2.05, 4.69) is 172 Å². The summed E-state index contributed by atoms with van der Waals surface area (Å²) in [5.41, 5.74) is 0. The van der Waals surface area contributed by atoms with Gasteiger partial charge >= 0.3 is 19.8 Å². The van der Waals surface area contributed by atoms with E-state index in [-0.39, 0.29) is 32.0 Å². The normalized spacial score (nSPS) is 14.3. The van der Waals surface area contributed by atoms with Gasteiger partial charge in [0.25, 0.3) is 0 Å². The number of phosphoric acid groups is 1. The Hall–Kier alpha value is -4.37. The third kappa shape index (κ3) is 62.8. The molecule has 0 rings (SSSR count).